The van der Waals surface area contributed by atoms with Crippen molar-refractivity contribution >= 4 is 16.3 Å². The van der Waals surface area contributed by atoms with Crippen LogP contribution in [0.25, 0.3) is 4.96 Å². The molecule has 0 saturated heterocycles. The van der Waals surface area contributed by atoms with Crippen molar-refractivity contribution in [2.24, 2.45) is 17.6 Å². The molecule has 4 rings (SSSR count). The molecule has 0 radical (unpaired) electrons. The second kappa shape index (κ2) is 3.99. The Labute approximate surface area is 116 Å². The monoisotopic (exact) mass is 277 g/mol. The Morgan fingerprint density at radius 1 is 1.26 bits per heavy atom. The summed E-state index contributed by atoms with van der Waals surface area (Å²) in [7, 11) is 0. The van der Waals surface area contributed by atoms with Crippen LogP contribution in [-0.4, -0.2) is 25.9 Å². The van der Waals surface area contributed by atoms with Crippen LogP contribution in [0.4, 0.5) is 0 Å². The van der Waals surface area contributed by atoms with Crippen LogP contribution >= 0.6 is 11.3 Å². The van der Waals surface area contributed by atoms with Crippen LogP contribution < -0.4 is 5.73 Å². The van der Waals surface area contributed by atoms with E-state index >= 15 is 0 Å². The first-order chi connectivity index (χ1) is 9.15. The summed E-state index contributed by atoms with van der Waals surface area (Å²) in [4.78, 5) is 0.911. The smallest absolute Gasteiger partial charge is 0.234 e. The molecule has 5 nitrogen and oxygen atoms in total. The van der Waals surface area contributed by atoms with Gasteiger partial charge in [0.15, 0.2) is 5.82 Å². The highest BCUT2D eigenvalue weighted by Gasteiger charge is 2.48. The Hall–Kier alpha value is -1.01. The third-order valence-electron chi connectivity index (χ3n) is 4.81. The molecule has 2 aliphatic rings. The minimum atomic E-state index is 0.296. The quantitative estimate of drug-likeness (QED) is 0.913. The maximum Gasteiger partial charge on any atom is 0.234 e. The summed E-state index contributed by atoms with van der Waals surface area (Å²) in [5.41, 5.74) is 6.41. The van der Waals surface area contributed by atoms with E-state index in [2.05, 4.69) is 24.0 Å². The fourth-order valence-electron chi connectivity index (χ4n) is 3.84. The fourth-order valence-corrected chi connectivity index (χ4v) is 4.94. The summed E-state index contributed by atoms with van der Waals surface area (Å²) in [6, 6.07) is 0.296. The van der Waals surface area contributed by atoms with Gasteiger partial charge in [0.1, 0.15) is 5.01 Å². The van der Waals surface area contributed by atoms with Gasteiger partial charge in [0.2, 0.25) is 4.96 Å². The molecule has 0 aliphatic heterocycles. The number of rotatable bonds is 2. The van der Waals surface area contributed by atoms with Crippen LogP contribution in [0.3, 0.4) is 0 Å². The number of fused-ring (bicyclic) bond motifs is 3. The SMILES string of the molecule is CC(C)c1nnc2sc(C3C4CCC(C4)C3N)nn12. The zero-order valence-electron chi connectivity index (χ0n) is 11.3. The molecule has 4 atom stereocenters. The van der Waals surface area contributed by atoms with Crippen molar-refractivity contribution in [1.29, 1.82) is 0 Å². The van der Waals surface area contributed by atoms with Gasteiger partial charge in [0.25, 0.3) is 0 Å². The van der Waals surface area contributed by atoms with E-state index < -0.39 is 0 Å². The lowest BCUT2D eigenvalue weighted by Crippen LogP contribution is -2.34. The topological polar surface area (TPSA) is 69.1 Å². The van der Waals surface area contributed by atoms with Gasteiger partial charge in [-0.1, -0.05) is 25.2 Å². The normalized spacial score (nSPS) is 33.9. The molecule has 2 aromatic heterocycles. The van der Waals surface area contributed by atoms with E-state index in [9.17, 15) is 0 Å². The molecule has 102 valence electrons. The third kappa shape index (κ3) is 1.59. The number of nitrogens with zero attached hydrogens (tertiary/aromatic N) is 4. The minimum Gasteiger partial charge on any atom is -0.327 e. The van der Waals surface area contributed by atoms with E-state index in [4.69, 9.17) is 10.8 Å². The van der Waals surface area contributed by atoms with Crippen molar-refractivity contribution < 1.29 is 0 Å². The summed E-state index contributed by atoms with van der Waals surface area (Å²) < 4.78 is 1.92. The lowest BCUT2D eigenvalue weighted by Gasteiger charge is -2.25. The van der Waals surface area contributed by atoms with Gasteiger partial charge in [-0.05, 0) is 31.1 Å². The Morgan fingerprint density at radius 3 is 2.74 bits per heavy atom. The Balaban J connectivity index is 1.76. The Bertz CT molecular complexity index is 614. The number of hydrogen-bond acceptors (Lipinski definition) is 5. The van der Waals surface area contributed by atoms with Crippen LogP contribution in [0, 0.1) is 11.8 Å². The molecule has 2 N–H and O–H groups in total. The van der Waals surface area contributed by atoms with Crippen molar-refractivity contribution in [3.63, 3.8) is 0 Å². The Morgan fingerprint density at radius 2 is 2.05 bits per heavy atom. The van der Waals surface area contributed by atoms with Crippen LogP contribution in [0.15, 0.2) is 0 Å². The molecule has 0 amide bonds. The van der Waals surface area contributed by atoms with Crippen molar-refractivity contribution in [3.8, 4) is 0 Å². The van der Waals surface area contributed by atoms with E-state index in [1.807, 2.05) is 4.52 Å². The molecular formula is C13H19N5S. The van der Waals surface area contributed by atoms with Crippen molar-refractivity contribution in [1.82, 2.24) is 19.8 Å². The number of nitrogens with two attached hydrogens (primary N) is 1. The summed E-state index contributed by atoms with van der Waals surface area (Å²) in [5, 5.41) is 14.4. The van der Waals surface area contributed by atoms with Gasteiger partial charge in [-0.2, -0.15) is 9.61 Å². The van der Waals surface area contributed by atoms with E-state index in [0.717, 1.165) is 16.7 Å². The zero-order chi connectivity index (χ0) is 13.1. The minimum absolute atomic E-state index is 0.296. The highest BCUT2D eigenvalue weighted by molar-refractivity contribution is 7.16. The highest BCUT2D eigenvalue weighted by Crippen LogP contribution is 2.52. The van der Waals surface area contributed by atoms with Gasteiger partial charge in [0.05, 0.1) is 0 Å². The molecule has 2 bridgehead atoms. The average molecular weight is 277 g/mol. The lowest BCUT2D eigenvalue weighted by atomic mass is 9.85. The van der Waals surface area contributed by atoms with Crippen molar-refractivity contribution in [2.45, 2.75) is 51.0 Å². The van der Waals surface area contributed by atoms with Crippen LogP contribution in [0.5, 0.6) is 0 Å². The third-order valence-corrected chi connectivity index (χ3v) is 5.81. The standard InChI is InChI=1S/C13H19N5S/c1-6(2)11-15-16-13-18(11)17-12(19-13)9-7-3-4-8(5-7)10(9)14/h6-10H,3-5,14H2,1-2H3. The largest absolute Gasteiger partial charge is 0.327 e. The van der Waals surface area contributed by atoms with E-state index in [1.54, 1.807) is 11.3 Å². The summed E-state index contributed by atoms with van der Waals surface area (Å²) in [5.74, 6) is 3.21. The fraction of sp³-hybridized carbons (Fsp3) is 0.769. The van der Waals surface area contributed by atoms with Crippen LogP contribution in [0.2, 0.25) is 0 Å². The molecule has 0 aromatic carbocycles. The first-order valence-electron chi connectivity index (χ1n) is 7.12. The van der Waals surface area contributed by atoms with Gasteiger partial charge in [-0.25, -0.2) is 0 Å². The first kappa shape index (κ1) is 11.8. The maximum absolute atomic E-state index is 6.41. The summed E-state index contributed by atoms with van der Waals surface area (Å²) >= 11 is 1.67. The number of hydrogen-bond donors (Lipinski definition) is 1. The zero-order valence-corrected chi connectivity index (χ0v) is 12.1. The molecule has 0 spiro atoms. The predicted octanol–water partition coefficient (Wildman–Crippen LogP) is 2.15. The van der Waals surface area contributed by atoms with Gasteiger partial charge < -0.3 is 5.73 Å². The molecule has 2 saturated carbocycles. The predicted molar refractivity (Wildman–Crippen MR) is 74.3 cm³/mol. The van der Waals surface area contributed by atoms with Gasteiger partial charge in [-0.15, -0.1) is 10.2 Å². The van der Waals surface area contributed by atoms with Crippen LogP contribution in [-0.2, 0) is 0 Å². The van der Waals surface area contributed by atoms with Gasteiger partial charge in [-0.3, -0.25) is 0 Å². The van der Waals surface area contributed by atoms with E-state index in [-0.39, 0.29) is 0 Å². The summed E-state index contributed by atoms with van der Waals surface area (Å²) in [6.07, 6.45) is 3.92. The molecular weight excluding hydrogens is 258 g/mol. The second-order valence-corrected chi connectivity index (χ2v) is 7.27. The highest BCUT2D eigenvalue weighted by atomic mass is 32.1. The Kier molecular flexibility index (Phi) is 2.48. The lowest BCUT2D eigenvalue weighted by molar-refractivity contribution is 0.363. The van der Waals surface area contributed by atoms with Gasteiger partial charge >= 0.3 is 0 Å². The van der Waals surface area contributed by atoms with Gasteiger partial charge in [0, 0.05) is 17.9 Å². The molecule has 2 aliphatic carbocycles. The summed E-state index contributed by atoms with van der Waals surface area (Å²) in [6.45, 7) is 4.25. The van der Waals surface area contributed by atoms with E-state index in [0.29, 0.717) is 23.8 Å². The van der Waals surface area contributed by atoms with E-state index in [1.165, 1.54) is 24.3 Å². The molecule has 6 heteroatoms. The molecule has 4 unspecified atom stereocenters. The average Bonchev–Trinajstić information content (AvgIpc) is 3.05. The molecule has 2 fully saturated rings. The second-order valence-electron chi connectivity index (χ2n) is 6.28. The van der Waals surface area contributed by atoms with Crippen LogP contribution in [0.1, 0.15) is 55.8 Å². The van der Waals surface area contributed by atoms with Crippen molar-refractivity contribution in [2.75, 3.05) is 0 Å². The molecule has 2 heterocycles. The molecule has 2 aromatic rings. The molecule has 19 heavy (non-hydrogen) atoms. The number of aromatic nitrogens is 4. The maximum atomic E-state index is 6.41. The first-order valence-corrected chi connectivity index (χ1v) is 7.94. The van der Waals surface area contributed by atoms with Crippen molar-refractivity contribution in [3.05, 3.63) is 10.8 Å².